The number of hydrogen-bond acceptors (Lipinski definition) is 4. The summed E-state index contributed by atoms with van der Waals surface area (Å²) in [5.74, 6) is -0.978. The Morgan fingerprint density at radius 1 is 0.867 bits per heavy atom. The van der Waals surface area contributed by atoms with Gasteiger partial charge in [0.1, 0.15) is 17.9 Å². The van der Waals surface area contributed by atoms with Crippen LogP contribution in [0, 0.1) is 17.6 Å². The van der Waals surface area contributed by atoms with E-state index in [4.69, 9.17) is 0 Å². The molecule has 158 valence electrons. The van der Waals surface area contributed by atoms with Crippen LogP contribution in [0.3, 0.4) is 0 Å². The Hall–Kier alpha value is -2.96. The van der Waals surface area contributed by atoms with Gasteiger partial charge in [-0.3, -0.25) is 9.59 Å². The summed E-state index contributed by atoms with van der Waals surface area (Å²) in [4.78, 5) is 29.7. The highest BCUT2D eigenvalue weighted by Gasteiger charge is 2.31. The summed E-state index contributed by atoms with van der Waals surface area (Å²) < 4.78 is 27.1. The van der Waals surface area contributed by atoms with Crippen molar-refractivity contribution in [2.45, 2.75) is 12.8 Å². The van der Waals surface area contributed by atoms with Gasteiger partial charge in [-0.1, -0.05) is 0 Å². The predicted octanol–water partition coefficient (Wildman–Crippen LogP) is 3.34. The molecular formula is C23H25F2N3O2. The molecule has 5 nitrogen and oxygen atoms in total. The molecular weight excluding hydrogens is 388 g/mol. The molecule has 1 amide bonds. The van der Waals surface area contributed by atoms with Gasteiger partial charge in [-0.25, -0.2) is 8.78 Å². The Morgan fingerprint density at radius 2 is 1.53 bits per heavy atom. The van der Waals surface area contributed by atoms with Crippen LogP contribution in [0.2, 0.25) is 0 Å². The fourth-order valence-corrected chi connectivity index (χ4v) is 4.31. The van der Waals surface area contributed by atoms with E-state index in [2.05, 4.69) is 4.90 Å². The molecule has 2 aromatic rings. The molecule has 30 heavy (non-hydrogen) atoms. The van der Waals surface area contributed by atoms with E-state index < -0.39 is 11.6 Å². The molecule has 2 heterocycles. The first-order valence-electron chi connectivity index (χ1n) is 10.3. The lowest BCUT2D eigenvalue weighted by atomic mass is 9.94. The molecule has 0 N–H and O–H groups in total. The van der Waals surface area contributed by atoms with Crippen molar-refractivity contribution >= 4 is 23.6 Å². The molecule has 0 radical (unpaired) electrons. The summed E-state index contributed by atoms with van der Waals surface area (Å²) in [5.41, 5.74) is 2.11. The molecule has 0 aromatic heterocycles. The van der Waals surface area contributed by atoms with Crippen LogP contribution in [-0.2, 0) is 4.79 Å². The lowest BCUT2D eigenvalue weighted by molar-refractivity contribution is -0.136. The predicted molar refractivity (Wildman–Crippen MR) is 112 cm³/mol. The molecule has 2 fully saturated rings. The van der Waals surface area contributed by atoms with Gasteiger partial charge in [0.05, 0.1) is 5.69 Å². The molecule has 2 aliphatic heterocycles. The maximum atomic E-state index is 14.0. The summed E-state index contributed by atoms with van der Waals surface area (Å²) in [6.45, 7) is 3.77. The van der Waals surface area contributed by atoms with Gasteiger partial charge in [0.15, 0.2) is 0 Å². The standard InChI is InChI=1S/C23H25F2N3O2/c24-19-3-6-22(21(25)15-19)27-11-13-28(14-12-27)23(30)18-7-9-26(10-8-18)20-4-1-17(16-29)2-5-20/h1-6,15-16,18H,7-14H2. The molecule has 0 spiro atoms. The minimum Gasteiger partial charge on any atom is -0.371 e. The second-order valence-electron chi connectivity index (χ2n) is 7.88. The average Bonchev–Trinajstić information content (AvgIpc) is 2.79. The highest BCUT2D eigenvalue weighted by molar-refractivity contribution is 5.80. The van der Waals surface area contributed by atoms with Crippen molar-refractivity contribution in [3.63, 3.8) is 0 Å². The number of benzene rings is 2. The molecule has 7 heteroatoms. The number of carbonyl (C=O) groups excluding carboxylic acids is 2. The van der Waals surface area contributed by atoms with Gasteiger partial charge in [-0.05, 0) is 49.2 Å². The first-order chi connectivity index (χ1) is 14.5. The van der Waals surface area contributed by atoms with E-state index >= 15 is 0 Å². The second kappa shape index (κ2) is 8.81. The van der Waals surface area contributed by atoms with Crippen molar-refractivity contribution in [2.24, 2.45) is 5.92 Å². The van der Waals surface area contributed by atoms with Gasteiger partial charge >= 0.3 is 0 Å². The minimum atomic E-state index is -0.587. The lowest BCUT2D eigenvalue weighted by Crippen LogP contribution is -2.52. The maximum absolute atomic E-state index is 14.0. The van der Waals surface area contributed by atoms with E-state index in [-0.39, 0.29) is 11.8 Å². The largest absolute Gasteiger partial charge is 0.371 e. The van der Waals surface area contributed by atoms with Gasteiger partial charge in [0.25, 0.3) is 0 Å². The van der Waals surface area contributed by atoms with Crippen LogP contribution >= 0.6 is 0 Å². The Kier molecular flexibility index (Phi) is 5.97. The monoisotopic (exact) mass is 413 g/mol. The van der Waals surface area contributed by atoms with Crippen LogP contribution in [0.4, 0.5) is 20.2 Å². The van der Waals surface area contributed by atoms with E-state index in [1.807, 2.05) is 34.1 Å². The molecule has 0 unspecified atom stereocenters. The summed E-state index contributed by atoms with van der Waals surface area (Å²) in [6, 6.07) is 11.1. The zero-order valence-corrected chi connectivity index (χ0v) is 16.8. The van der Waals surface area contributed by atoms with Crippen LogP contribution in [0.15, 0.2) is 42.5 Å². The number of carbonyl (C=O) groups is 2. The first-order valence-corrected chi connectivity index (χ1v) is 10.3. The number of rotatable bonds is 4. The summed E-state index contributed by atoms with van der Waals surface area (Å²) in [5, 5.41) is 0. The summed E-state index contributed by atoms with van der Waals surface area (Å²) >= 11 is 0. The Labute approximate surface area is 174 Å². The van der Waals surface area contributed by atoms with Crippen LogP contribution in [0.1, 0.15) is 23.2 Å². The number of anilines is 2. The molecule has 2 aliphatic rings. The van der Waals surface area contributed by atoms with Crippen molar-refractivity contribution in [3.05, 3.63) is 59.7 Å². The molecule has 0 bridgehead atoms. The van der Waals surface area contributed by atoms with Crippen LogP contribution in [0.5, 0.6) is 0 Å². The van der Waals surface area contributed by atoms with Crippen LogP contribution < -0.4 is 9.80 Å². The Balaban J connectivity index is 1.29. The molecule has 2 saturated heterocycles. The SMILES string of the molecule is O=Cc1ccc(N2CCC(C(=O)N3CCN(c4ccc(F)cc4F)CC3)CC2)cc1. The Bertz CT molecular complexity index is 903. The molecule has 0 aliphatic carbocycles. The number of piperidine rings is 1. The number of halogens is 2. The fourth-order valence-electron chi connectivity index (χ4n) is 4.31. The van der Waals surface area contributed by atoms with Gasteiger partial charge in [-0.15, -0.1) is 0 Å². The average molecular weight is 413 g/mol. The second-order valence-corrected chi connectivity index (χ2v) is 7.88. The van der Waals surface area contributed by atoms with E-state index in [0.29, 0.717) is 37.4 Å². The number of aldehydes is 1. The van der Waals surface area contributed by atoms with E-state index in [0.717, 1.165) is 44.0 Å². The maximum Gasteiger partial charge on any atom is 0.225 e. The Morgan fingerprint density at radius 3 is 2.13 bits per heavy atom. The zero-order chi connectivity index (χ0) is 21.1. The van der Waals surface area contributed by atoms with Crippen LogP contribution in [0.25, 0.3) is 0 Å². The summed E-state index contributed by atoms with van der Waals surface area (Å²) in [7, 11) is 0. The van der Waals surface area contributed by atoms with Crippen molar-refractivity contribution in [1.29, 1.82) is 0 Å². The first kappa shape index (κ1) is 20.3. The molecule has 0 atom stereocenters. The number of nitrogens with zero attached hydrogens (tertiary/aromatic N) is 3. The molecule has 0 saturated carbocycles. The quantitative estimate of drug-likeness (QED) is 0.722. The van der Waals surface area contributed by atoms with Gasteiger partial charge in [0.2, 0.25) is 5.91 Å². The van der Waals surface area contributed by atoms with E-state index in [1.165, 1.54) is 12.1 Å². The summed E-state index contributed by atoms with van der Waals surface area (Å²) in [6.07, 6.45) is 2.42. The third-order valence-electron chi connectivity index (χ3n) is 6.08. The van der Waals surface area contributed by atoms with Crippen molar-refractivity contribution in [1.82, 2.24) is 4.90 Å². The minimum absolute atomic E-state index is 0.00426. The lowest BCUT2D eigenvalue weighted by Gasteiger charge is -2.39. The van der Waals surface area contributed by atoms with Crippen LogP contribution in [-0.4, -0.2) is 56.4 Å². The van der Waals surface area contributed by atoms with E-state index in [9.17, 15) is 18.4 Å². The number of piperazine rings is 1. The molecule has 4 rings (SSSR count). The smallest absolute Gasteiger partial charge is 0.225 e. The highest BCUT2D eigenvalue weighted by atomic mass is 19.1. The normalized spacial score (nSPS) is 17.9. The zero-order valence-electron chi connectivity index (χ0n) is 16.8. The van der Waals surface area contributed by atoms with Gasteiger partial charge in [-0.2, -0.15) is 0 Å². The highest BCUT2D eigenvalue weighted by Crippen LogP contribution is 2.26. The third-order valence-corrected chi connectivity index (χ3v) is 6.08. The van der Waals surface area contributed by atoms with Crippen molar-refractivity contribution < 1.29 is 18.4 Å². The van der Waals surface area contributed by atoms with Crippen molar-refractivity contribution in [3.8, 4) is 0 Å². The van der Waals surface area contributed by atoms with Gasteiger partial charge in [0, 0.05) is 62.5 Å². The van der Waals surface area contributed by atoms with Gasteiger partial charge < -0.3 is 14.7 Å². The number of amides is 1. The topological polar surface area (TPSA) is 43.9 Å². The number of hydrogen-bond donors (Lipinski definition) is 0. The third kappa shape index (κ3) is 4.30. The fraction of sp³-hybridized carbons (Fsp3) is 0.391. The van der Waals surface area contributed by atoms with Crippen molar-refractivity contribution in [2.75, 3.05) is 49.1 Å². The molecule has 2 aromatic carbocycles. The van der Waals surface area contributed by atoms with E-state index in [1.54, 1.807) is 0 Å².